The number of hydrogen-bond acceptors (Lipinski definition) is 4. The van der Waals surface area contributed by atoms with Crippen LogP contribution in [0.3, 0.4) is 0 Å². The number of rotatable bonds is 5. The summed E-state index contributed by atoms with van der Waals surface area (Å²) in [6, 6.07) is 0. The Bertz CT molecular complexity index is 98.3. The first-order valence-corrected chi connectivity index (χ1v) is 5.09. The summed E-state index contributed by atoms with van der Waals surface area (Å²) in [4.78, 5) is 0. The standard InChI is InChI=1S/2C5H12O2/c1-4(6)3-5(2)7;1-2-5(7)3-4-6/h4-7H,3H2,1-2H3;5-7H,2-4H2,1H3. The lowest BCUT2D eigenvalue weighted by atomic mass is 10.2. The first-order chi connectivity index (χ1) is 6.43. The largest absolute Gasteiger partial charge is 0.396 e. The number of aliphatic hydroxyl groups is 4. The first kappa shape index (κ1) is 16.3. The minimum absolute atomic E-state index is 0.0923. The molecule has 4 nitrogen and oxygen atoms in total. The molecule has 0 fully saturated rings. The SMILES string of the molecule is CC(O)CC(C)O.CCC(O)CCO. The van der Waals surface area contributed by atoms with Crippen molar-refractivity contribution in [1.82, 2.24) is 0 Å². The van der Waals surface area contributed by atoms with Crippen molar-refractivity contribution in [1.29, 1.82) is 0 Å². The molecule has 0 saturated heterocycles. The van der Waals surface area contributed by atoms with Crippen LogP contribution >= 0.6 is 0 Å². The van der Waals surface area contributed by atoms with E-state index in [1.807, 2.05) is 6.92 Å². The molecule has 0 bridgehead atoms. The smallest absolute Gasteiger partial charge is 0.0559 e. The van der Waals surface area contributed by atoms with Crippen molar-refractivity contribution in [2.75, 3.05) is 6.61 Å². The van der Waals surface area contributed by atoms with Crippen LogP contribution in [0.2, 0.25) is 0 Å². The number of hydrogen-bond donors (Lipinski definition) is 4. The van der Waals surface area contributed by atoms with Gasteiger partial charge in [-0.1, -0.05) is 6.92 Å². The van der Waals surface area contributed by atoms with E-state index in [-0.39, 0.29) is 24.9 Å². The molecule has 0 rings (SSSR count). The van der Waals surface area contributed by atoms with Crippen LogP contribution in [0.4, 0.5) is 0 Å². The molecule has 0 aliphatic carbocycles. The lowest BCUT2D eigenvalue weighted by molar-refractivity contribution is 0.102. The third-order valence-electron chi connectivity index (χ3n) is 1.62. The molecule has 0 saturated carbocycles. The van der Waals surface area contributed by atoms with Crippen molar-refractivity contribution in [2.45, 2.75) is 58.3 Å². The molecule has 0 aromatic heterocycles. The van der Waals surface area contributed by atoms with Crippen LogP contribution in [0.25, 0.3) is 0 Å². The monoisotopic (exact) mass is 208 g/mol. The quantitative estimate of drug-likeness (QED) is 0.523. The van der Waals surface area contributed by atoms with Crippen molar-refractivity contribution < 1.29 is 20.4 Å². The summed E-state index contributed by atoms with van der Waals surface area (Å²) >= 11 is 0. The van der Waals surface area contributed by atoms with E-state index in [9.17, 15) is 0 Å². The highest BCUT2D eigenvalue weighted by Gasteiger charge is 1.98. The fourth-order valence-electron chi connectivity index (χ4n) is 0.847. The summed E-state index contributed by atoms with van der Waals surface area (Å²) in [6.45, 7) is 5.30. The second-order valence-corrected chi connectivity index (χ2v) is 3.51. The van der Waals surface area contributed by atoms with Gasteiger partial charge in [-0.3, -0.25) is 0 Å². The minimum Gasteiger partial charge on any atom is -0.396 e. The van der Waals surface area contributed by atoms with Gasteiger partial charge in [-0.15, -0.1) is 0 Å². The van der Waals surface area contributed by atoms with Crippen molar-refractivity contribution >= 4 is 0 Å². The van der Waals surface area contributed by atoms with E-state index in [0.29, 0.717) is 12.8 Å². The fourth-order valence-corrected chi connectivity index (χ4v) is 0.847. The summed E-state index contributed by atoms with van der Waals surface area (Å²) < 4.78 is 0. The molecule has 0 aliphatic heterocycles. The van der Waals surface area contributed by atoms with Gasteiger partial charge < -0.3 is 20.4 Å². The Morgan fingerprint density at radius 1 is 1.00 bits per heavy atom. The van der Waals surface area contributed by atoms with Crippen LogP contribution in [0, 0.1) is 0 Å². The molecule has 0 radical (unpaired) electrons. The first-order valence-electron chi connectivity index (χ1n) is 5.09. The topological polar surface area (TPSA) is 80.9 Å². The van der Waals surface area contributed by atoms with Crippen LogP contribution in [0.1, 0.15) is 40.0 Å². The predicted molar refractivity (Wildman–Crippen MR) is 56.0 cm³/mol. The van der Waals surface area contributed by atoms with Gasteiger partial charge in [0.2, 0.25) is 0 Å². The zero-order valence-corrected chi connectivity index (χ0v) is 9.35. The van der Waals surface area contributed by atoms with E-state index in [4.69, 9.17) is 20.4 Å². The number of aliphatic hydroxyl groups excluding tert-OH is 4. The summed E-state index contributed by atoms with van der Waals surface area (Å²) in [6.07, 6.45) is 0.668. The van der Waals surface area contributed by atoms with E-state index >= 15 is 0 Å². The van der Waals surface area contributed by atoms with E-state index in [1.54, 1.807) is 13.8 Å². The fraction of sp³-hybridized carbons (Fsp3) is 1.00. The maximum atomic E-state index is 8.70. The Balaban J connectivity index is 0. The Kier molecular flexibility index (Phi) is 12.7. The third kappa shape index (κ3) is 17.8. The summed E-state index contributed by atoms with van der Waals surface area (Å²) in [7, 11) is 0. The van der Waals surface area contributed by atoms with E-state index in [0.717, 1.165) is 6.42 Å². The molecule has 3 unspecified atom stereocenters. The van der Waals surface area contributed by atoms with E-state index in [2.05, 4.69) is 0 Å². The van der Waals surface area contributed by atoms with Crippen LogP contribution in [0.5, 0.6) is 0 Å². The molecule has 0 aromatic rings. The van der Waals surface area contributed by atoms with Gasteiger partial charge in [0.1, 0.15) is 0 Å². The maximum absolute atomic E-state index is 8.70. The lowest BCUT2D eigenvalue weighted by Gasteiger charge is -2.04. The van der Waals surface area contributed by atoms with Crippen LogP contribution in [-0.2, 0) is 0 Å². The van der Waals surface area contributed by atoms with Crippen molar-refractivity contribution in [3.8, 4) is 0 Å². The average molecular weight is 208 g/mol. The summed E-state index contributed by atoms with van der Waals surface area (Å²) in [5, 5.41) is 34.0. The molecular weight excluding hydrogens is 184 g/mol. The van der Waals surface area contributed by atoms with Crippen LogP contribution < -0.4 is 0 Å². The molecule has 14 heavy (non-hydrogen) atoms. The second-order valence-electron chi connectivity index (χ2n) is 3.51. The second kappa shape index (κ2) is 10.9. The molecule has 0 aromatic carbocycles. The molecule has 88 valence electrons. The maximum Gasteiger partial charge on any atom is 0.0559 e. The van der Waals surface area contributed by atoms with Crippen LogP contribution in [0.15, 0.2) is 0 Å². The van der Waals surface area contributed by atoms with Gasteiger partial charge in [0, 0.05) is 6.61 Å². The molecule has 4 N–H and O–H groups in total. The highest BCUT2D eigenvalue weighted by molar-refractivity contribution is 4.51. The van der Waals surface area contributed by atoms with Crippen LogP contribution in [-0.4, -0.2) is 45.3 Å². The van der Waals surface area contributed by atoms with Gasteiger partial charge in [-0.05, 0) is 33.1 Å². The Hall–Kier alpha value is -0.160. The van der Waals surface area contributed by atoms with Gasteiger partial charge in [0.25, 0.3) is 0 Å². The van der Waals surface area contributed by atoms with Crippen molar-refractivity contribution in [3.63, 3.8) is 0 Å². The molecule has 0 spiro atoms. The van der Waals surface area contributed by atoms with Gasteiger partial charge in [0.15, 0.2) is 0 Å². The molecular formula is C10H24O4. The molecule has 0 amide bonds. The molecule has 0 heterocycles. The van der Waals surface area contributed by atoms with Crippen molar-refractivity contribution in [3.05, 3.63) is 0 Å². The Morgan fingerprint density at radius 3 is 1.50 bits per heavy atom. The third-order valence-corrected chi connectivity index (χ3v) is 1.62. The highest BCUT2D eigenvalue weighted by atomic mass is 16.3. The normalized spacial score (nSPS) is 16.5. The Labute approximate surface area is 86.2 Å². The summed E-state index contributed by atoms with van der Waals surface area (Å²) in [5.74, 6) is 0. The van der Waals surface area contributed by atoms with Gasteiger partial charge in [0.05, 0.1) is 18.3 Å². The average Bonchev–Trinajstić information content (AvgIpc) is 2.03. The van der Waals surface area contributed by atoms with E-state index < -0.39 is 0 Å². The lowest BCUT2D eigenvalue weighted by Crippen LogP contribution is -2.10. The zero-order chi connectivity index (χ0) is 11.6. The van der Waals surface area contributed by atoms with Gasteiger partial charge in [-0.25, -0.2) is 0 Å². The van der Waals surface area contributed by atoms with Gasteiger partial charge in [-0.2, -0.15) is 0 Å². The van der Waals surface area contributed by atoms with Crippen molar-refractivity contribution in [2.24, 2.45) is 0 Å². The highest BCUT2D eigenvalue weighted by Crippen LogP contribution is 1.93. The predicted octanol–water partition coefficient (Wildman–Crippen LogP) is 0.278. The zero-order valence-electron chi connectivity index (χ0n) is 9.35. The molecule has 0 aliphatic rings. The van der Waals surface area contributed by atoms with Gasteiger partial charge >= 0.3 is 0 Å². The Morgan fingerprint density at radius 2 is 1.43 bits per heavy atom. The minimum atomic E-state index is -0.375. The molecule has 4 heteroatoms. The molecule has 3 atom stereocenters. The summed E-state index contributed by atoms with van der Waals surface area (Å²) in [5.41, 5.74) is 0. The van der Waals surface area contributed by atoms with E-state index in [1.165, 1.54) is 0 Å².